The Labute approximate surface area is 142 Å². The van der Waals surface area contributed by atoms with Gasteiger partial charge >= 0.3 is 5.97 Å². The van der Waals surface area contributed by atoms with Gasteiger partial charge in [-0.2, -0.15) is 0 Å². The summed E-state index contributed by atoms with van der Waals surface area (Å²) >= 11 is 0. The first kappa shape index (κ1) is 15.8. The number of esters is 1. The fraction of sp³-hybridized carbons (Fsp3) is 0.632. The van der Waals surface area contributed by atoms with E-state index < -0.39 is 0 Å². The average Bonchev–Trinajstić information content (AvgIpc) is 2.91. The van der Waals surface area contributed by atoms with Crippen LogP contribution in [0.5, 0.6) is 11.5 Å². The Morgan fingerprint density at radius 3 is 2.92 bits per heavy atom. The number of carbonyl (C=O) groups is 1. The maximum atomic E-state index is 11.5. The third-order valence-corrected chi connectivity index (χ3v) is 6.21. The lowest BCUT2D eigenvalue weighted by molar-refractivity contribution is -0.148. The molecule has 0 N–H and O–H groups in total. The Bertz CT molecular complexity index is 688. The normalized spacial score (nSPS) is 34.1. The van der Waals surface area contributed by atoms with E-state index in [1.807, 2.05) is 6.07 Å². The number of hydrogen-bond donors (Lipinski definition) is 0. The molecule has 1 aliphatic carbocycles. The summed E-state index contributed by atoms with van der Waals surface area (Å²) < 4.78 is 17.6. The van der Waals surface area contributed by atoms with Crippen molar-refractivity contribution in [3.8, 4) is 11.5 Å². The number of nitrogens with zero attached hydrogens (tertiary/aromatic N) is 1. The van der Waals surface area contributed by atoms with Gasteiger partial charge < -0.3 is 19.1 Å². The molecule has 4 rings (SSSR count). The fourth-order valence-corrected chi connectivity index (χ4v) is 5.08. The fourth-order valence-electron chi connectivity index (χ4n) is 5.08. The minimum Gasteiger partial charge on any atom is -0.493 e. The number of benzene rings is 1. The summed E-state index contributed by atoms with van der Waals surface area (Å²) in [6.07, 6.45) is 1.73. The Kier molecular flexibility index (Phi) is 3.53. The van der Waals surface area contributed by atoms with E-state index in [1.165, 1.54) is 18.1 Å². The molecule has 3 aliphatic rings. The molecule has 0 bridgehead atoms. The molecule has 0 amide bonds. The van der Waals surface area contributed by atoms with Crippen LogP contribution in [-0.2, 0) is 21.5 Å². The van der Waals surface area contributed by atoms with Crippen LogP contribution in [0.3, 0.4) is 0 Å². The van der Waals surface area contributed by atoms with Gasteiger partial charge in [-0.3, -0.25) is 4.79 Å². The number of rotatable bonds is 2. The first-order valence-corrected chi connectivity index (χ1v) is 8.70. The molecule has 24 heavy (non-hydrogen) atoms. The first-order chi connectivity index (χ1) is 11.5. The van der Waals surface area contributed by atoms with Crippen molar-refractivity contribution in [1.82, 2.24) is 4.90 Å². The maximum absolute atomic E-state index is 11.5. The first-order valence-electron chi connectivity index (χ1n) is 8.70. The van der Waals surface area contributed by atoms with Crippen LogP contribution in [0, 0.1) is 5.92 Å². The molecule has 2 heterocycles. The Balaban J connectivity index is 1.86. The summed E-state index contributed by atoms with van der Waals surface area (Å²) in [6.45, 7) is 5.62. The molecule has 1 saturated carbocycles. The minimum atomic E-state index is -0.208. The minimum absolute atomic E-state index is 0.0494. The molecule has 1 unspecified atom stereocenters. The van der Waals surface area contributed by atoms with Crippen LogP contribution < -0.4 is 9.47 Å². The lowest BCUT2D eigenvalue weighted by Gasteiger charge is -2.33. The second-order valence-corrected chi connectivity index (χ2v) is 7.44. The molecule has 1 aromatic rings. The van der Waals surface area contributed by atoms with Crippen LogP contribution in [0.25, 0.3) is 0 Å². The largest absolute Gasteiger partial charge is 0.493 e. The van der Waals surface area contributed by atoms with Gasteiger partial charge in [0.05, 0.1) is 7.11 Å². The van der Waals surface area contributed by atoms with E-state index >= 15 is 0 Å². The summed E-state index contributed by atoms with van der Waals surface area (Å²) in [6, 6.07) is 4.18. The third-order valence-electron chi connectivity index (χ3n) is 6.21. The molecule has 1 spiro atoms. The Morgan fingerprint density at radius 2 is 2.21 bits per heavy atom. The highest BCUT2D eigenvalue weighted by Gasteiger charge is 2.62. The number of hydrogen-bond acceptors (Lipinski definition) is 5. The molecular formula is C19H25NO4. The van der Waals surface area contributed by atoms with Crippen molar-refractivity contribution in [2.24, 2.45) is 5.92 Å². The van der Waals surface area contributed by atoms with Crippen LogP contribution in [0.1, 0.15) is 37.8 Å². The maximum Gasteiger partial charge on any atom is 0.302 e. The predicted octanol–water partition coefficient (Wildman–Crippen LogP) is 2.50. The summed E-state index contributed by atoms with van der Waals surface area (Å²) in [5, 5.41) is 0. The van der Waals surface area contributed by atoms with E-state index in [0.29, 0.717) is 0 Å². The average molecular weight is 331 g/mol. The van der Waals surface area contributed by atoms with Crippen LogP contribution in [-0.4, -0.2) is 43.8 Å². The summed E-state index contributed by atoms with van der Waals surface area (Å²) in [7, 11) is 3.85. The molecule has 5 nitrogen and oxygen atoms in total. The van der Waals surface area contributed by atoms with Crippen LogP contribution >= 0.6 is 0 Å². The van der Waals surface area contributed by atoms with E-state index in [2.05, 4.69) is 24.9 Å². The zero-order valence-corrected chi connectivity index (χ0v) is 14.8. The topological polar surface area (TPSA) is 48.0 Å². The van der Waals surface area contributed by atoms with Crippen LogP contribution in [0.2, 0.25) is 0 Å². The molecule has 0 saturated heterocycles. The van der Waals surface area contributed by atoms with Crippen molar-refractivity contribution in [2.75, 3.05) is 20.7 Å². The highest BCUT2D eigenvalue weighted by molar-refractivity contribution is 5.66. The van der Waals surface area contributed by atoms with Gasteiger partial charge in [0.2, 0.25) is 0 Å². The summed E-state index contributed by atoms with van der Waals surface area (Å²) in [5.74, 6) is 1.73. The lowest BCUT2D eigenvalue weighted by atomic mass is 9.69. The van der Waals surface area contributed by atoms with E-state index in [9.17, 15) is 4.79 Å². The zero-order valence-electron chi connectivity index (χ0n) is 14.8. The lowest BCUT2D eigenvalue weighted by Crippen LogP contribution is -2.40. The van der Waals surface area contributed by atoms with E-state index in [4.69, 9.17) is 14.2 Å². The molecule has 5 heteroatoms. The second-order valence-electron chi connectivity index (χ2n) is 7.44. The second kappa shape index (κ2) is 5.38. The number of carbonyl (C=O) groups excluding carboxylic acids is 1. The monoisotopic (exact) mass is 331 g/mol. The predicted molar refractivity (Wildman–Crippen MR) is 89.4 cm³/mol. The van der Waals surface area contributed by atoms with Gasteiger partial charge in [0, 0.05) is 36.8 Å². The van der Waals surface area contributed by atoms with Gasteiger partial charge in [0.25, 0.3) is 0 Å². The molecule has 1 aromatic carbocycles. The molecular weight excluding hydrogens is 306 g/mol. The molecule has 0 radical (unpaired) electrons. The Morgan fingerprint density at radius 1 is 1.42 bits per heavy atom. The van der Waals surface area contributed by atoms with E-state index in [1.54, 1.807) is 7.11 Å². The van der Waals surface area contributed by atoms with Crippen molar-refractivity contribution in [3.05, 3.63) is 23.3 Å². The van der Waals surface area contributed by atoms with Gasteiger partial charge in [-0.1, -0.05) is 13.0 Å². The van der Waals surface area contributed by atoms with Gasteiger partial charge in [0.15, 0.2) is 11.5 Å². The molecule has 130 valence electrons. The number of ether oxygens (including phenoxy) is 3. The quantitative estimate of drug-likeness (QED) is 0.779. The van der Waals surface area contributed by atoms with Gasteiger partial charge in [0.1, 0.15) is 12.2 Å². The van der Waals surface area contributed by atoms with Gasteiger partial charge in [-0.25, -0.2) is 0 Å². The summed E-state index contributed by atoms with van der Waals surface area (Å²) in [4.78, 5) is 13.9. The van der Waals surface area contributed by atoms with Crippen LogP contribution in [0.15, 0.2) is 12.1 Å². The SMILES string of the molecule is COc1ccc2c3c1O[C@H]1C[C@H](OC(C)=O)C(C)[C@@]31CCN(C)C2. The highest BCUT2D eigenvalue weighted by Crippen LogP contribution is 2.61. The van der Waals surface area contributed by atoms with Crippen molar-refractivity contribution < 1.29 is 19.0 Å². The van der Waals surface area contributed by atoms with Crippen molar-refractivity contribution in [1.29, 1.82) is 0 Å². The van der Waals surface area contributed by atoms with Gasteiger partial charge in [-0.15, -0.1) is 0 Å². The standard InChI is InChI=1S/C19H25NO4/c1-11-15(23-12(2)21)9-16-19(11)7-8-20(3)10-13-5-6-14(22-4)18(24-16)17(13)19/h5-6,11,15-16H,7-10H2,1-4H3/t11?,15-,16-,19+/m0/s1. The molecule has 2 aliphatic heterocycles. The van der Waals surface area contributed by atoms with Crippen LogP contribution in [0.4, 0.5) is 0 Å². The van der Waals surface area contributed by atoms with E-state index in [0.717, 1.165) is 37.4 Å². The van der Waals surface area contributed by atoms with Crippen molar-refractivity contribution >= 4 is 5.97 Å². The zero-order chi connectivity index (χ0) is 17.1. The van der Waals surface area contributed by atoms with Crippen molar-refractivity contribution in [3.63, 3.8) is 0 Å². The van der Waals surface area contributed by atoms with E-state index in [-0.39, 0.29) is 29.5 Å². The smallest absolute Gasteiger partial charge is 0.302 e. The molecule has 0 aromatic heterocycles. The Hall–Kier alpha value is -1.75. The molecule has 4 atom stereocenters. The third kappa shape index (κ3) is 2.00. The number of methoxy groups -OCH3 is 1. The van der Waals surface area contributed by atoms with Crippen molar-refractivity contribution in [2.45, 2.75) is 50.9 Å². The highest BCUT2D eigenvalue weighted by atomic mass is 16.6. The summed E-state index contributed by atoms with van der Waals surface area (Å²) in [5.41, 5.74) is 2.51. The molecule has 1 fully saturated rings. The van der Waals surface area contributed by atoms with Gasteiger partial charge in [-0.05, 0) is 31.6 Å².